The van der Waals surface area contributed by atoms with Gasteiger partial charge in [0.25, 0.3) is 0 Å². The molecular formula is C22H23N5O2S. The van der Waals surface area contributed by atoms with Gasteiger partial charge in [-0.2, -0.15) is 0 Å². The lowest BCUT2D eigenvalue weighted by atomic mass is 10.1. The second-order valence-electron chi connectivity index (χ2n) is 6.33. The van der Waals surface area contributed by atoms with Gasteiger partial charge in [0.05, 0.1) is 0 Å². The molecule has 0 saturated heterocycles. The Balaban J connectivity index is 1.94. The van der Waals surface area contributed by atoms with Gasteiger partial charge in [0, 0.05) is 18.7 Å². The summed E-state index contributed by atoms with van der Waals surface area (Å²) in [5.41, 5.74) is 1.68. The average Bonchev–Trinajstić information content (AvgIpc) is 3.16. The van der Waals surface area contributed by atoms with E-state index in [4.69, 9.17) is 0 Å². The van der Waals surface area contributed by atoms with Gasteiger partial charge in [-0.1, -0.05) is 78.5 Å². The highest BCUT2D eigenvalue weighted by Gasteiger charge is 2.27. The standard InChI is InChI=1S/C22H23N5O2S/c1-3-15-27-19(17-13-9-6-10-14-17)25-26-22(27)30-18(16-11-7-5-8-12-16)20(28)24-21(29)23-4-2/h3,5-14,18H,1,4,15H2,2H3,(H2,23,24,28,29)/t18-/m1/s1. The molecule has 3 amide bonds. The molecule has 30 heavy (non-hydrogen) atoms. The molecule has 0 aliphatic carbocycles. The predicted octanol–water partition coefficient (Wildman–Crippen LogP) is 3.81. The summed E-state index contributed by atoms with van der Waals surface area (Å²) in [7, 11) is 0. The molecule has 2 N–H and O–H groups in total. The Morgan fingerprint density at radius 1 is 1.10 bits per heavy atom. The molecule has 3 aromatic rings. The lowest BCUT2D eigenvalue weighted by Crippen LogP contribution is -2.41. The minimum Gasteiger partial charge on any atom is -0.338 e. The molecular weight excluding hydrogens is 398 g/mol. The number of aromatic nitrogens is 3. The van der Waals surface area contributed by atoms with Crippen molar-refractivity contribution in [2.24, 2.45) is 0 Å². The molecule has 0 aliphatic rings. The zero-order valence-corrected chi connectivity index (χ0v) is 17.4. The van der Waals surface area contributed by atoms with Crippen LogP contribution in [0.25, 0.3) is 11.4 Å². The van der Waals surface area contributed by atoms with Crippen molar-refractivity contribution < 1.29 is 9.59 Å². The Morgan fingerprint density at radius 3 is 2.40 bits per heavy atom. The van der Waals surface area contributed by atoms with E-state index in [1.165, 1.54) is 11.8 Å². The number of benzene rings is 2. The lowest BCUT2D eigenvalue weighted by molar-refractivity contribution is -0.119. The number of hydrogen-bond acceptors (Lipinski definition) is 5. The number of urea groups is 1. The van der Waals surface area contributed by atoms with Crippen molar-refractivity contribution in [1.82, 2.24) is 25.4 Å². The number of allylic oxidation sites excluding steroid dienone is 1. The van der Waals surface area contributed by atoms with Crippen LogP contribution in [0.15, 0.2) is 78.5 Å². The molecule has 1 heterocycles. The van der Waals surface area contributed by atoms with Crippen molar-refractivity contribution in [3.05, 3.63) is 78.9 Å². The number of hydrogen-bond donors (Lipinski definition) is 2. The topological polar surface area (TPSA) is 88.9 Å². The van der Waals surface area contributed by atoms with Crippen LogP contribution in [0.5, 0.6) is 0 Å². The largest absolute Gasteiger partial charge is 0.338 e. The second-order valence-corrected chi connectivity index (χ2v) is 7.40. The molecule has 2 aromatic carbocycles. The van der Waals surface area contributed by atoms with Gasteiger partial charge in [-0.25, -0.2) is 4.79 Å². The van der Waals surface area contributed by atoms with Crippen molar-refractivity contribution in [1.29, 1.82) is 0 Å². The Morgan fingerprint density at radius 2 is 1.77 bits per heavy atom. The van der Waals surface area contributed by atoms with E-state index in [0.717, 1.165) is 11.1 Å². The summed E-state index contributed by atoms with van der Waals surface area (Å²) in [6.07, 6.45) is 1.76. The zero-order valence-electron chi connectivity index (χ0n) is 16.6. The average molecular weight is 422 g/mol. The highest BCUT2D eigenvalue weighted by atomic mass is 32.2. The van der Waals surface area contributed by atoms with Gasteiger partial charge in [-0.05, 0) is 12.5 Å². The van der Waals surface area contributed by atoms with Gasteiger partial charge in [0.15, 0.2) is 11.0 Å². The summed E-state index contributed by atoms with van der Waals surface area (Å²) in [5.74, 6) is 0.264. The van der Waals surface area contributed by atoms with Crippen LogP contribution >= 0.6 is 11.8 Å². The summed E-state index contributed by atoms with van der Waals surface area (Å²) < 4.78 is 1.91. The van der Waals surface area contributed by atoms with Crippen molar-refractivity contribution in [3.63, 3.8) is 0 Å². The van der Waals surface area contributed by atoms with Crippen LogP contribution in [0.3, 0.4) is 0 Å². The molecule has 0 bridgehead atoms. The summed E-state index contributed by atoms with van der Waals surface area (Å²) in [4.78, 5) is 24.8. The van der Waals surface area contributed by atoms with E-state index < -0.39 is 17.2 Å². The van der Waals surface area contributed by atoms with Crippen LogP contribution in [-0.4, -0.2) is 33.2 Å². The van der Waals surface area contributed by atoms with Gasteiger partial charge in [-0.15, -0.1) is 16.8 Å². The number of nitrogens with zero attached hydrogens (tertiary/aromatic N) is 3. The number of nitrogens with one attached hydrogen (secondary N) is 2. The fraction of sp³-hybridized carbons (Fsp3) is 0.182. The minimum atomic E-state index is -0.676. The monoisotopic (exact) mass is 421 g/mol. The summed E-state index contributed by atoms with van der Waals surface area (Å²) >= 11 is 1.24. The molecule has 3 rings (SSSR count). The Kier molecular flexibility index (Phi) is 7.40. The first-order valence-electron chi connectivity index (χ1n) is 9.53. The summed E-state index contributed by atoms with van der Waals surface area (Å²) in [5, 5.41) is 13.5. The minimum absolute atomic E-state index is 0.424. The van der Waals surface area contributed by atoms with Crippen LogP contribution < -0.4 is 10.6 Å². The predicted molar refractivity (Wildman–Crippen MR) is 118 cm³/mol. The molecule has 0 fully saturated rings. The van der Waals surface area contributed by atoms with Crippen LogP contribution in [0.2, 0.25) is 0 Å². The number of carbonyl (C=O) groups excluding carboxylic acids is 2. The molecule has 0 unspecified atom stereocenters. The van der Waals surface area contributed by atoms with E-state index in [1.54, 1.807) is 13.0 Å². The molecule has 0 aliphatic heterocycles. The molecule has 0 spiro atoms. The normalized spacial score (nSPS) is 11.5. The number of amides is 3. The van der Waals surface area contributed by atoms with Gasteiger partial charge in [-0.3, -0.25) is 14.7 Å². The van der Waals surface area contributed by atoms with Crippen LogP contribution in [0, 0.1) is 0 Å². The first-order chi connectivity index (χ1) is 14.6. The number of thioether (sulfide) groups is 1. The van der Waals surface area contributed by atoms with Crippen molar-refractivity contribution >= 4 is 23.7 Å². The van der Waals surface area contributed by atoms with Crippen molar-refractivity contribution in [2.75, 3.05) is 6.54 Å². The van der Waals surface area contributed by atoms with E-state index >= 15 is 0 Å². The lowest BCUT2D eigenvalue weighted by Gasteiger charge is -2.17. The number of carbonyl (C=O) groups is 2. The Hall–Kier alpha value is -3.39. The van der Waals surface area contributed by atoms with E-state index in [9.17, 15) is 9.59 Å². The van der Waals surface area contributed by atoms with Crippen molar-refractivity contribution in [2.45, 2.75) is 23.9 Å². The van der Waals surface area contributed by atoms with Gasteiger partial charge >= 0.3 is 6.03 Å². The Labute approximate surface area is 179 Å². The fourth-order valence-electron chi connectivity index (χ4n) is 2.86. The smallest absolute Gasteiger partial charge is 0.321 e. The Bertz CT molecular complexity index is 1000. The molecule has 154 valence electrons. The first kappa shape index (κ1) is 21.3. The molecule has 1 atom stereocenters. The summed E-state index contributed by atoms with van der Waals surface area (Å²) in [6, 6.07) is 18.5. The molecule has 8 heteroatoms. The maximum absolute atomic E-state index is 12.9. The van der Waals surface area contributed by atoms with Crippen LogP contribution in [-0.2, 0) is 11.3 Å². The van der Waals surface area contributed by atoms with E-state index in [1.807, 2.05) is 65.2 Å². The number of imide groups is 1. The molecule has 7 nitrogen and oxygen atoms in total. The maximum atomic E-state index is 12.9. The van der Waals surface area contributed by atoms with E-state index in [-0.39, 0.29) is 0 Å². The molecule has 0 saturated carbocycles. The third-order valence-electron chi connectivity index (χ3n) is 4.20. The van der Waals surface area contributed by atoms with Gasteiger partial charge < -0.3 is 5.32 Å². The first-order valence-corrected chi connectivity index (χ1v) is 10.4. The third-order valence-corrected chi connectivity index (χ3v) is 5.43. The zero-order chi connectivity index (χ0) is 21.3. The highest BCUT2D eigenvalue weighted by Crippen LogP contribution is 2.36. The van der Waals surface area contributed by atoms with Crippen LogP contribution in [0.1, 0.15) is 17.7 Å². The van der Waals surface area contributed by atoms with Gasteiger partial charge in [0.2, 0.25) is 5.91 Å². The summed E-state index contributed by atoms with van der Waals surface area (Å²) in [6.45, 7) is 6.53. The molecule has 1 aromatic heterocycles. The fourth-order valence-corrected chi connectivity index (χ4v) is 3.90. The quantitative estimate of drug-likeness (QED) is 0.426. The maximum Gasteiger partial charge on any atom is 0.321 e. The second kappa shape index (κ2) is 10.4. The van der Waals surface area contributed by atoms with Gasteiger partial charge in [0.1, 0.15) is 5.25 Å². The SMILES string of the molecule is C=CCn1c(S[C@@H](C(=O)NC(=O)NCC)c2ccccc2)nnc1-c1ccccc1. The third kappa shape index (κ3) is 5.15. The number of rotatable bonds is 8. The van der Waals surface area contributed by atoms with Crippen molar-refractivity contribution in [3.8, 4) is 11.4 Å². The van der Waals surface area contributed by atoms with E-state index in [2.05, 4.69) is 27.4 Å². The highest BCUT2D eigenvalue weighted by molar-refractivity contribution is 8.00. The van der Waals surface area contributed by atoms with Crippen LogP contribution in [0.4, 0.5) is 4.79 Å². The molecule has 0 radical (unpaired) electrons. The van der Waals surface area contributed by atoms with E-state index in [0.29, 0.717) is 24.1 Å².